The number of rotatable bonds is 1. The van der Waals surface area contributed by atoms with E-state index in [1.54, 1.807) is 30.2 Å². The zero-order valence-electron chi connectivity index (χ0n) is 11.3. The molecule has 0 saturated carbocycles. The standard InChI is InChI=1S/C16H11FN4/c1-10-15(17)16(11-4-2-3-5-12(11)20-10)21-9-19-13-8-18-7-6-14(13)21/h2-9H,1H3. The quantitative estimate of drug-likeness (QED) is 0.536. The van der Waals surface area contributed by atoms with Gasteiger partial charge in [0.1, 0.15) is 11.8 Å². The first kappa shape index (κ1) is 12.0. The molecule has 3 heterocycles. The van der Waals surface area contributed by atoms with Gasteiger partial charge in [0.2, 0.25) is 0 Å². The van der Waals surface area contributed by atoms with Crippen LogP contribution in [-0.2, 0) is 0 Å². The smallest absolute Gasteiger partial charge is 0.169 e. The van der Waals surface area contributed by atoms with Gasteiger partial charge in [-0.2, -0.15) is 0 Å². The molecule has 21 heavy (non-hydrogen) atoms. The Balaban J connectivity index is 2.17. The van der Waals surface area contributed by atoms with Crippen molar-refractivity contribution < 1.29 is 4.39 Å². The third-order valence-corrected chi connectivity index (χ3v) is 3.56. The van der Waals surface area contributed by atoms with Gasteiger partial charge >= 0.3 is 0 Å². The topological polar surface area (TPSA) is 43.6 Å². The molecule has 4 nitrogen and oxygen atoms in total. The number of hydrogen-bond acceptors (Lipinski definition) is 3. The Kier molecular flexibility index (Phi) is 2.47. The van der Waals surface area contributed by atoms with Crippen molar-refractivity contribution in [1.29, 1.82) is 0 Å². The van der Waals surface area contributed by atoms with Crippen LogP contribution in [0, 0.1) is 12.7 Å². The molecule has 0 aliphatic rings. The monoisotopic (exact) mass is 278 g/mol. The lowest BCUT2D eigenvalue weighted by molar-refractivity contribution is 0.605. The average molecular weight is 278 g/mol. The van der Waals surface area contributed by atoms with Gasteiger partial charge in [-0.1, -0.05) is 18.2 Å². The van der Waals surface area contributed by atoms with E-state index in [1.165, 1.54) is 0 Å². The normalized spacial score (nSPS) is 11.3. The van der Waals surface area contributed by atoms with Crippen molar-refractivity contribution in [2.75, 3.05) is 0 Å². The third-order valence-electron chi connectivity index (χ3n) is 3.56. The number of nitrogens with zero attached hydrogens (tertiary/aromatic N) is 4. The van der Waals surface area contributed by atoms with Crippen molar-refractivity contribution in [3.05, 3.63) is 60.6 Å². The van der Waals surface area contributed by atoms with Gasteiger partial charge in [0.05, 0.1) is 28.6 Å². The first-order chi connectivity index (χ1) is 10.3. The summed E-state index contributed by atoms with van der Waals surface area (Å²) in [5, 5.41) is 0.761. The number of aromatic nitrogens is 4. The Labute approximate surface area is 119 Å². The predicted octanol–water partition coefficient (Wildman–Crippen LogP) is 3.42. The largest absolute Gasteiger partial charge is 0.295 e. The number of halogens is 1. The van der Waals surface area contributed by atoms with E-state index in [0.29, 0.717) is 11.4 Å². The van der Waals surface area contributed by atoms with E-state index in [0.717, 1.165) is 21.9 Å². The molecule has 0 unspecified atom stereocenters. The highest BCUT2D eigenvalue weighted by atomic mass is 19.1. The van der Waals surface area contributed by atoms with Crippen LogP contribution in [-0.4, -0.2) is 19.5 Å². The van der Waals surface area contributed by atoms with Crippen molar-refractivity contribution in [1.82, 2.24) is 19.5 Å². The summed E-state index contributed by atoms with van der Waals surface area (Å²) in [6, 6.07) is 9.35. The lowest BCUT2D eigenvalue weighted by Crippen LogP contribution is -2.02. The molecule has 0 radical (unpaired) electrons. The highest BCUT2D eigenvalue weighted by Gasteiger charge is 2.16. The molecule has 0 aliphatic carbocycles. The summed E-state index contributed by atoms with van der Waals surface area (Å²) >= 11 is 0. The van der Waals surface area contributed by atoms with Crippen molar-refractivity contribution in [3.63, 3.8) is 0 Å². The van der Waals surface area contributed by atoms with E-state index in [-0.39, 0.29) is 5.82 Å². The van der Waals surface area contributed by atoms with Crippen LogP contribution in [0.25, 0.3) is 27.6 Å². The Morgan fingerprint density at radius 2 is 1.95 bits per heavy atom. The van der Waals surface area contributed by atoms with E-state index >= 15 is 0 Å². The van der Waals surface area contributed by atoms with Crippen molar-refractivity contribution in [2.24, 2.45) is 0 Å². The van der Waals surface area contributed by atoms with Gasteiger partial charge in [0.15, 0.2) is 5.82 Å². The molecule has 0 fully saturated rings. The van der Waals surface area contributed by atoms with Gasteiger partial charge in [0, 0.05) is 11.6 Å². The van der Waals surface area contributed by atoms with Gasteiger partial charge in [-0.3, -0.25) is 9.55 Å². The van der Waals surface area contributed by atoms with Crippen LogP contribution in [0.2, 0.25) is 0 Å². The molecule has 0 aliphatic heterocycles. The van der Waals surface area contributed by atoms with Gasteiger partial charge in [-0.05, 0) is 19.1 Å². The fraction of sp³-hybridized carbons (Fsp3) is 0.0625. The highest BCUT2D eigenvalue weighted by molar-refractivity contribution is 5.90. The van der Waals surface area contributed by atoms with Crippen LogP contribution in [0.4, 0.5) is 4.39 Å². The van der Waals surface area contributed by atoms with Crippen molar-refractivity contribution in [3.8, 4) is 5.69 Å². The SMILES string of the molecule is Cc1nc2ccccc2c(-n2cnc3cnccc32)c1F. The van der Waals surface area contributed by atoms with E-state index in [2.05, 4.69) is 15.0 Å². The zero-order chi connectivity index (χ0) is 14.4. The van der Waals surface area contributed by atoms with Crippen LogP contribution >= 0.6 is 0 Å². The van der Waals surface area contributed by atoms with Crippen molar-refractivity contribution >= 4 is 21.9 Å². The second-order valence-electron chi connectivity index (χ2n) is 4.86. The first-order valence-electron chi connectivity index (χ1n) is 6.58. The second-order valence-corrected chi connectivity index (χ2v) is 4.86. The zero-order valence-corrected chi connectivity index (χ0v) is 11.3. The summed E-state index contributed by atoms with van der Waals surface area (Å²) in [6.07, 6.45) is 4.96. The Morgan fingerprint density at radius 3 is 2.86 bits per heavy atom. The highest BCUT2D eigenvalue weighted by Crippen LogP contribution is 2.28. The summed E-state index contributed by atoms with van der Waals surface area (Å²) in [7, 11) is 0. The molecule has 0 saturated heterocycles. The maximum Gasteiger partial charge on any atom is 0.169 e. The van der Waals surface area contributed by atoms with E-state index in [4.69, 9.17) is 0 Å². The third kappa shape index (κ3) is 1.71. The number of imidazole rings is 1. The minimum atomic E-state index is -0.329. The van der Waals surface area contributed by atoms with Gasteiger partial charge in [-0.15, -0.1) is 0 Å². The molecular formula is C16H11FN4. The van der Waals surface area contributed by atoms with E-state index < -0.39 is 0 Å². The number of pyridine rings is 2. The second kappa shape index (κ2) is 4.34. The molecule has 102 valence electrons. The predicted molar refractivity (Wildman–Crippen MR) is 78.9 cm³/mol. The summed E-state index contributed by atoms with van der Waals surface area (Å²) < 4.78 is 16.4. The number of hydrogen-bond donors (Lipinski definition) is 0. The molecule has 4 rings (SSSR count). The molecule has 0 N–H and O–H groups in total. The minimum Gasteiger partial charge on any atom is -0.295 e. The van der Waals surface area contributed by atoms with E-state index in [1.807, 2.05) is 30.3 Å². The van der Waals surface area contributed by atoms with Crippen molar-refractivity contribution in [2.45, 2.75) is 6.92 Å². The molecule has 4 aromatic rings. The van der Waals surface area contributed by atoms with Crippen LogP contribution in [0.15, 0.2) is 49.1 Å². The molecule has 0 amide bonds. The number of fused-ring (bicyclic) bond motifs is 2. The molecular weight excluding hydrogens is 267 g/mol. The Morgan fingerprint density at radius 1 is 1.10 bits per heavy atom. The van der Waals surface area contributed by atoms with E-state index in [9.17, 15) is 4.39 Å². The summed E-state index contributed by atoms with van der Waals surface area (Å²) in [6.45, 7) is 1.67. The van der Waals surface area contributed by atoms with Crippen LogP contribution in [0.5, 0.6) is 0 Å². The van der Waals surface area contributed by atoms with Crippen LogP contribution < -0.4 is 0 Å². The maximum absolute atomic E-state index is 14.7. The summed E-state index contributed by atoms with van der Waals surface area (Å²) in [5.41, 5.74) is 3.17. The lowest BCUT2D eigenvalue weighted by Gasteiger charge is -2.11. The first-order valence-corrected chi connectivity index (χ1v) is 6.58. The molecule has 1 aromatic carbocycles. The summed E-state index contributed by atoms with van der Waals surface area (Å²) in [4.78, 5) is 12.6. The fourth-order valence-corrected chi connectivity index (χ4v) is 2.57. The van der Waals surface area contributed by atoms with Gasteiger partial charge in [0.25, 0.3) is 0 Å². The maximum atomic E-state index is 14.7. The Bertz CT molecular complexity index is 975. The van der Waals surface area contributed by atoms with Crippen LogP contribution in [0.3, 0.4) is 0 Å². The van der Waals surface area contributed by atoms with Gasteiger partial charge < -0.3 is 0 Å². The molecule has 5 heteroatoms. The number of para-hydroxylation sites is 1. The molecule has 0 spiro atoms. The minimum absolute atomic E-state index is 0.329. The lowest BCUT2D eigenvalue weighted by atomic mass is 10.1. The summed E-state index contributed by atoms with van der Waals surface area (Å²) in [5.74, 6) is -0.329. The van der Waals surface area contributed by atoms with Crippen LogP contribution in [0.1, 0.15) is 5.69 Å². The van der Waals surface area contributed by atoms with Gasteiger partial charge in [-0.25, -0.2) is 14.4 Å². The molecule has 0 atom stereocenters. The number of benzene rings is 1. The molecule has 3 aromatic heterocycles. The Hall–Kier alpha value is -2.82. The number of aryl methyl sites for hydroxylation is 1. The fourth-order valence-electron chi connectivity index (χ4n) is 2.57. The average Bonchev–Trinajstić information content (AvgIpc) is 2.92. The molecule has 0 bridgehead atoms.